The van der Waals surface area contributed by atoms with Crippen LogP contribution < -0.4 is 9.64 Å². The van der Waals surface area contributed by atoms with Gasteiger partial charge in [0, 0.05) is 11.1 Å². The van der Waals surface area contributed by atoms with Gasteiger partial charge in [0.1, 0.15) is 28.8 Å². The van der Waals surface area contributed by atoms with Crippen molar-refractivity contribution in [1.29, 1.82) is 0 Å². The standard InChI is InChI=1S/C25H23Cl2NO6/c1-3-15-13-16(9-11-20(15)29)34-21-12-10-18(23(26)24(21)27)17-7-5-6-8-19(17)28(14-22(30)31)25(32)33-4-2/h5-13,29H,3-4,14H2,1-2H3,(H,30,31). The first-order valence-corrected chi connectivity index (χ1v) is 11.3. The minimum absolute atomic E-state index is 0.0900. The molecular weight excluding hydrogens is 481 g/mol. The van der Waals surface area contributed by atoms with Gasteiger partial charge in [-0.3, -0.25) is 9.69 Å². The molecule has 0 unspecified atom stereocenters. The van der Waals surface area contributed by atoms with Gasteiger partial charge in [0.2, 0.25) is 0 Å². The van der Waals surface area contributed by atoms with Crippen molar-refractivity contribution in [3.05, 3.63) is 70.2 Å². The van der Waals surface area contributed by atoms with Crippen molar-refractivity contribution in [3.8, 4) is 28.4 Å². The number of benzene rings is 3. The molecule has 34 heavy (non-hydrogen) atoms. The summed E-state index contributed by atoms with van der Waals surface area (Å²) in [6, 6.07) is 14.9. The number of ether oxygens (including phenoxy) is 2. The number of para-hydroxylation sites is 1. The molecule has 7 nitrogen and oxygen atoms in total. The van der Waals surface area contributed by atoms with Gasteiger partial charge >= 0.3 is 12.1 Å². The Balaban J connectivity index is 2.02. The lowest BCUT2D eigenvalue weighted by Gasteiger charge is -2.23. The van der Waals surface area contributed by atoms with Crippen LogP contribution in [-0.4, -0.2) is 35.4 Å². The molecule has 2 N–H and O–H groups in total. The molecule has 0 radical (unpaired) electrons. The highest BCUT2D eigenvalue weighted by Gasteiger charge is 2.24. The minimum Gasteiger partial charge on any atom is -0.508 e. The van der Waals surface area contributed by atoms with Crippen molar-refractivity contribution in [2.75, 3.05) is 18.1 Å². The number of hydrogen-bond acceptors (Lipinski definition) is 5. The van der Waals surface area contributed by atoms with E-state index in [2.05, 4.69) is 0 Å². The maximum atomic E-state index is 12.5. The number of carboxylic acids is 1. The number of rotatable bonds is 8. The molecule has 1 amide bonds. The van der Waals surface area contributed by atoms with E-state index in [9.17, 15) is 19.8 Å². The van der Waals surface area contributed by atoms with Crippen LogP contribution in [0.4, 0.5) is 10.5 Å². The predicted octanol–water partition coefficient (Wildman–Crippen LogP) is 6.77. The van der Waals surface area contributed by atoms with Crippen LogP contribution in [-0.2, 0) is 16.0 Å². The summed E-state index contributed by atoms with van der Waals surface area (Å²) >= 11 is 13.1. The lowest BCUT2D eigenvalue weighted by Crippen LogP contribution is -2.36. The molecule has 178 valence electrons. The van der Waals surface area contributed by atoms with Crippen LogP contribution in [0.2, 0.25) is 10.0 Å². The zero-order chi connectivity index (χ0) is 24.8. The van der Waals surface area contributed by atoms with Gasteiger partial charge in [-0.05, 0) is 55.3 Å². The quantitative estimate of drug-likeness (QED) is 0.352. The third-order valence-electron chi connectivity index (χ3n) is 4.97. The van der Waals surface area contributed by atoms with E-state index >= 15 is 0 Å². The fraction of sp³-hybridized carbons (Fsp3) is 0.200. The maximum absolute atomic E-state index is 12.5. The van der Waals surface area contributed by atoms with Gasteiger partial charge in [-0.15, -0.1) is 0 Å². The van der Waals surface area contributed by atoms with Gasteiger partial charge in [-0.2, -0.15) is 0 Å². The zero-order valence-corrected chi connectivity index (χ0v) is 20.1. The normalized spacial score (nSPS) is 10.6. The molecule has 0 fully saturated rings. The molecule has 0 spiro atoms. The van der Waals surface area contributed by atoms with E-state index in [1.165, 1.54) is 0 Å². The van der Waals surface area contributed by atoms with E-state index in [-0.39, 0.29) is 22.4 Å². The number of aromatic hydroxyl groups is 1. The fourth-order valence-corrected chi connectivity index (χ4v) is 3.84. The smallest absolute Gasteiger partial charge is 0.414 e. The van der Waals surface area contributed by atoms with Crippen LogP contribution in [0.3, 0.4) is 0 Å². The molecule has 3 aromatic rings. The molecule has 0 bridgehead atoms. The molecule has 3 rings (SSSR count). The number of carboxylic acid groups (broad SMARTS) is 1. The molecule has 0 atom stereocenters. The number of phenolic OH excluding ortho intramolecular Hbond substituents is 1. The van der Waals surface area contributed by atoms with Gasteiger partial charge in [-0.1, -0.05) is 48.3 Å². The van der Waals surface area contributed by atoms with Crippen LogP contribution in [0.15, 0.2) is 54.6 Å². The second-order valence-electron chi connectivity index (χ2n) is 7.18. The Hall–Kier alpha value is -3.42. The van der Waals surface area contributed by atoms with Crippen LogP contribution in [0.1, 0.15) is 19.4 Å². The summed E-state index contributed by atoms with van der Waals surface area (Å²) in [5.41, 5.74) is 2.01. The molecule has 0 aromatic heterocycles. The number of anilines is 1. The van der Waals surface area contributed by atoms with E-state index in [0.717, 1.165) is 10.5 Å². The summed E-state index contributed by atoms with van der Waals surface area (Å²) in [6.07, 6.45) is -0.167. The van der Waals surface area contributed by atoms with E-state index in [4.69, 9.17) is 32.7 Å². The number of amides is 1. The Morgan fingerprint density at radius 2 is 1.71 bits per heavy atom. The number of carbonyl (C=O) groups is 2. The molecule has 0 saturated heterocycles. The monoisotopic (exact) mass is 503 g/mol. The lowest BCUT2D eigenvalue weighted by molar-refractivity contribution is -0.135. The maximum Gasteiger partial charge on any atom is 0.414 e. The van der Waals surface area contributed by atoms with Gasteiger partial charge < -0.3 is 19.7 Å². The molecule has 3 aromatic carbocycles. The first-order chi connectivity index (χ1) is 16.3. The summed E-state index contributed by atoms with van der Waals surface area (Å²) in [7, 11) is 0. The Morgan fingerprint density at radius 3 is 2.38 bits per heavy atom. The zero-order valence-electron chi connectivity index (χ0n) is 18.5. The van der Waals surface area contributed by atoms with Crippen molar-refractivity contribution in [2.24, 2.45) is 0 Å². The topological polar surface area (TPSA) is 96.3 Å². The van der Waals surface area contributed by atoms with E-state index in [1.807, 2.05) is 6.92 Å². The molecule has 9 heteroatoms. The number of hydrogen-bond donors (Lipinski definition) is 2. The van der Waals surface area contributed by atoms with Gasteiger partial charge in [0.15, 0.2) is 0 Å². The summed E-state index contributed by atoms with van der Waals surface area (Å²) in [5, 5.41) is 19.5. The summed E-state index contributed by atoms with van der Waals surface area (Å²) in [6.45, 7) is 3.05. The number of nitrogens with zero attached hydrogens (tertiary/aromatic N) is 1. The average molecular weight is 504 g/mol. The summed E-state index contributed by atoms with van der Waals surface area (Å²) in [4.78, 5) is 24.9. The number of halogens is 2. The van der Waals surface area contributed by atoms with E-state index in [0.29, 0.717) is 34.7 Å². The Bertz CT molecular complexity index is 1210. The SMILES string of the molecule is CCOC(=O)N(CC(=O)O)c1ccccc1-c1ccc(Oc2ccc(O)c(CC)c2)c(Cl)c1Cl. The largest absolute Gasteiger partial charge is 0.508 e. The third kappa shape index (κ3) is 5.55. The molecular formula is C25H23Cl2NO6. The summed E-state index contributed by atoms with van der Waals surface area (Å²) < 4.78 is 10.9. The Kier molecular flexibility index (Phi) is 8.26. The first kappa shape index (κ1) is 25.2. The van der Waals surface area contributed by atoms with Crippen LogP contribution in [0, 0.1) is 0 Å². The Labute approximate surface area is 207 Å². The van der Waals surface area contributed by atoms with Gasteiger partial charge in [0.25, 0.3) is 0 Å². The van der Waals surface area contributed by atoms with E-state index in [1.54, 1.807) is 61.5 Å². The van der Waals surface area contributed by atoms with Crippen molar-refractivity contribution in [2.45, 2.75) is 20.3 Å². The molecule has 0 aliphatic rings. The van der Waals surface area contributed by atoms with Crippen molar-refractivity contribution in [1.82, 2.24) is 0 Å². The van der Waals surface area contributed by atoms with Crippen LogP contribution >= 0.6 is 23.2 Å². The minimum atomic E-state index is -1.20. The predicted molar refractivity (Wildman–Crippen MR) is 131 cm³/mol. The van der Waals surface area contributed by atoms with Crippen molar-refractivity contribution < 1.29 is 29.3 Å². The van der Waals surface area contributed by atoms with Crippen LogP contribution in [0.25, 0.3) is 11.1 Å². The van der Waals surface area contributed by atoms with Crippen LogP contribution in [0.5, 0.6) is 17.2 Å². The lowest BCUT2D eigenvalue weighted by atomic mass is 10.0. The second kappa shape index (κ2) is 11.1. The Morgan fingerprint density at radius 1 is 0.971 bits per heavy atom. The number of carbonyl (C=O) groups excluding carboxylic acids is 1. The highest BCUT2D eigenvalue weighted by Crippen LogP contribution is 2.44. The first-order valence-electron chi connectivity index (χ1n) is 10.5. The van der Waals surface area contributed by atoms with E-state index < -0.39 is 18.6 Å². The number of aryl methyl sites for hydroxylation is 1. The molecule has 0 heterocycles. The fourth-order valence-electron chi connectivity index (χ4n) is 3.38. The van der Waals surface area contributed by atoms with Gasteiger partial charge in [0.05, 0.1) is 17.3 Å². The highest BCUT2D eigenvalue weighted by molar-refractivity contribution is 6.44. The third-order valence-corrected chi connectivity index (χ3v) is 5.84. The second-order valence-corrected chi connectivity index (χ2v) is 7.94. The highest BCUT2D eigenvalue weighted by atomic mass is 35.5. The molecule has 0 aliphatic heterocycles. The molecule has 0 saturated carbocycles. The van der Waals surface area contributed by atoms with Crippen molar-refractivity contribution >= 4 is 41.0 Å². The number of aliphatic carboxylic acids is 1. The number of phenols is 1. The average Bonchev–Trinajstić information content (AvgIpc) is 2.82. The van der Waals surface area contributed by atoms with Gasteiger partial charge in [-0.25, -0.2) is 4.79 Å². The summed E-state index contributed by atoms with van der Waals surface area (Å²) in [5.74, 6) is -0.237. The van der Waals surface area contributed by atoms with Crippen molar-refractivity contribution in [3.63, 3.8) is 0 Å². The molecule has 0 aliphatic carbocycles.